The highest BCUT2D eigenvalue weighted by atomic mass is 32.2. The summed E-state index contributed by atoms with van der Waals surface area (Å²) in [5.74, 6) is 0.981. The zero-order valence-electron chi connectivity index (χ0n) is 11.8. The Morgan fingerprint density at radius 2 is 1.76 bits per heavy atom. The second kappa shape index (κ2) is 5.61. The lowest BCUT2D eigenvalue weighted by Gasteiger charge is -2.11. The molecule has 0 saturated heterocycles. The van der Waals surface area contributed by atoms with Gasteiger partial charge in [0.2, 0.25) is 5.95 Å². The Labute approximate surface area is 127 Å². The maximum absolute atomic E-state index is 9.94. The van der Waals surface area contributed by atoms with Gasteiger partial charge in [0.15, 0.2) is 0 Å². The molecule has 3 aromatic rings. The van der Waals surface area contributed by atoms with Gasteiger partial charge in [-0.2, -0.15) is 0 Å². The molecule has 0 saturated carbocycles. The van der Waals surface area contributed by atoms with Crippen molar-refractivity contribution < 1.29 is 5.11 Å². The van der Waals surface area contributed by atoms with Gasteiger partial charge in [0, 0.05) is 30.6 Å². The molecule has 0 spiro atoms. The van der Waals surface area contributed by atoms with Crippen LogP contribution < -0.4 is 4.90 Å². The Morgan fingerprint density at radius 3 is 2.52 bits per heavy atom. The van der Waals surface area contributed by atoms with E-state index in [1.165, 1.54) is 0 Å². The van der Waals surface area contributed by atoms with Crippen molar-refractivity contribution in [3.05, 3.63) is 48.7 Å². The molecule has 0 unspecified atom stereocenters. The monoisotopic (exact) mass is 297 g/mol. The summed E-state index contributed by atoms with van der Waals surface area (Å²) in [6.07, 6.45) is 1.76. The van der Waals surface area contributed by atoms with Crippen LogP contribution in [0.2, 0.25) is 0 Å². The molecular formula is C16H15N3OS. The number of aromatic nitrogens is 2. The highest BCUT2D eigenvalue weighted by Gasteiger charge is 2.08. The van der Waals surface area contributed by atoms with Crippen molar-refractivity contribution in [1.29, 1.82) is 0 Å². The van der Waals surface area contributed by atoms with Crippen molar-refractivity contribution in [3.63, 3.8) is 0 Å². The van der Waals surface area contributed by atoms with Gasteiger partial charge in [-0.25, -0.2) is 9.97 Å². The summed E-state index contributed by atoms with van der Waals surface area (Å²) in [6, 6.07) is 13.3. The summed E-state index contributed by atoms with van der Waals surface area (Å²) in [6.45, 7) is 0. The molecule has 0 atom stereocenters. The van der Waals surface area contributed by atoms with Crippen molar-refractivity contribution in [2.75, 3.05) is 19.0 Å². The van der Waals surface area contributed by atoms with Gasteiger partial charge in [-0.15, -0.1) is 0 Å². The fraction of sp³-hybridized carbons (Fsp3) is 0.125. The highest BCUT2D eigenvalue weighted by molar-refractivity contribution is 7.99. The van der Waals surface area contributed by atoms with E-state index in [1.807, 2.05) is 55.4 Å². The number of nitrogens with zero attached hydrogens (tertiary/aromatic N) is 3. The van der Waals surface area contributed by atoms with Crippen molar-refractivity contribution >= 4 is 28.5 Å². The van der Waals surface area contributed by atoms with Gasteiger partial charge in [-0.05, 0) is 23.6 Å². The zero-order chi connectivity index (χ0) is 14.8. The third-order valence-corrected chi connectivity index (χ3v) is 4.11. The number of hydrogen-bond donors (Lipinski definition) is 1. The van der Waals surface area contributed by atoms with Crippen molar-refractivity contribution in [3.8, 4) is 5.75 Å². The van der Waals surface area contributed by atoms with Gasteiger partial charge in [0.1, 0.15) is 10.8 Å². The maximum atomic E-state index is 9.94. The Balaban J connectivity index is 2.02. The molecule has 1 heterocycles. The SMILES string of the molecule is CN(C)c1nccc(Sc2ccc(O)c3ccccc23)n1. The highest BCUT2D eigenvalue weighted by Crippen LogP contribution is 2.36. The van der Waals surface area contributed by atoms with E-state index in [4.69, 9.17) is 0 Å². The Bertz CT molecular complexity index is 789. The fourth-order valence-electron chi connectivity index (χ4n) is 2.06. The number of benzene rings is 2. The molecule has 0 radical (unpaired) electrons. The first-order chi connectivity index (χ1) is 10.1. The Morgan fingerprint density at radius 1 is 1.00 bits per heavy atom. The van der Waals surface area contributed by atoms with Crippen LogP contribution in [-0.4, -0.2) is 29.2 Å². The van der Waals surface area contributed by atoms with Gasteiger partial charge < -0.3 is 10.0 Å². The third kappa shape index (κ3) is 2.78. The second-order valence-corrected chi connectivity index (χ2v) is 5.88. The molecule has 0 aliphatic rings. The standard InChI is InChI=1S/C16H15N3OS/c1-19(2)16-17-10-9-15(18-16)21-14-8-7-13(20)11-5-3-4-6-12(11)14/h3-10,20H,1-2H3. The summed E-state index contributed by atoms with van der Waals surface area (Å²) in [5.41, 5.74) is 0. The van der Waals surface area contributed by atoms with Gasteiger partial charge in [-0.1, -0.05) is 36.0 Å². The topological polar surface area (TPSA) is 49.2 Å². The minimum absolute atomic E-state index is 0.298. The zero-order valence-corrected chi connectivity index (χ0v) is 12.6. The van der Waals surface area contributed by atoms with Crippen LogP contribution in [0.15, 0.2) is 58.6 Å². The van der Waals surface area contributed by atoms with Crippen molar-refractivity contribution in [2.45, 2.75) is 9.92 Å². The third-order valence-electron chi connectivity index (χ3n) is 3.09. The van der Waals surface area contributed by atoms with E-state index in [0.29, 0.717) is 11.7 Å². The number of hydrogen-bond acceptors (Lipinski definition) is 5. The second-order valence-electron chi connectivity index (χ2n) is 4.82. The van der Waals surface area contributed by atoms with Crippen LogP contribution in [0.5, 0.6) is 5.75 Å². The molecule has 0 amide bonds. The Hall–Kier alpha value is -2.27. The summed E-state index contributed by atoms with van der Waals surface area (Å²) in [4.78, 5) is 11.7. The van der Waals surface area contributed by atoms with Gasteiger partial charge in [0.05, 0.1) is 0 Å². The van der Waals surface area contributed by atoms with E-state index < -0.39 is 0 Å². The largest absolute Gasteiger partial charge is 0.507 e. The van der Waals surface area contributed by atoms with E-state index in [0.717, 1.165) is 20.7 Å². The van der Waals surface area contributed by atoms with Gasteiger partial charge >= 0.3 is 0 Å². The average molecular weight is 297 g/mol. The molecular weight excluding hydrogens is 282 g/mol. The van der Waals surface area contributed by atoms with Crippen LogP contribution in [0, 0.1) is 0 Å². The molecule has 106 valence electrons. The number of phenolic OH excluding ortho intramolecular Hbond substituents is 1. The molecule has 4 nitrogen and oxygen atoms in total. The number of phenols is 1. The van der Waals surface area contributed by atoms with Crippen molar-refractivity contribution in [2.24, 2.45) is 0 Å². The smallest absolute Gasteiger partial charge is 0.225 e. The van der Waals surface area contributed by atoms with Crippen LogP contribution in [0.1, 0.15) is 0 Å². The molecule has 0 aliphatic heterocycles. The normalized spacial score (nSPS) is 10.8. The first-order valence-electron chi connectivity index (χ1n) is 6.54. The number of anilines is 1. The molecule has 2 aromatic carbocycles. The lowest BCUT2D eigenvalue weighted by molar-refractivity contribution is 0.481. The van der Waals surface area contributed by atoms with Crippen LogP contribution in [-0.2, 0) is 0 Å². The molecule has 1 N–H and O–H groups in total. The maximum Gasteiger partial charge on any atom is 0.225 e. The Kier molecular flexibility index (Phi) is 3.66. The van der Waals surface area contributed by atoms with Crippen molar-refractivity contribution in [1.82, 2.24) is 9.97 Å². The average Bonchev–Trinajstić information content (AvgIpc) is 2.51. The molecule has 0 aliphatic carbocycles. The molecule has 0 fully saturated rings. The van der Waals surface area contributed by atoms with Gasteiger partial charge in [0.25, 0.3) is 0 Å². The molecule has 1 aromatic heterocycles. The number of fused-ring (bicyclic) bond motifs is 1. The van der Waals surface area contributed by atoms with E-state index in [-0.39, 0.29) is 0 Å². The summed E-state index contributed by atoms with van der Waals surface area (Å²) in [5, 5.41) is 12.7. The predicted octanol–water partition coefficient (Wildman–Crippen LogP) is 3.55. The quantitative estimate of drug-likeness (QED) is 0.749. The molecule has 3 rings (SSSR count). The van der Waals surface area contributed by atoms with E-state index in [9.17, 15) is 5.11 Å². The fourth-order valence-corrected chi connectivity index (χ4v) is 2.97. The first kappa shape index (κ1) is 13.7. The summed E-state index contributed by atoms with van der Waals surface area (Å²) < 4.78 is 0. The van der Waals surface area contributed by atoms with Crippen LogP contribution >= 0.6 is 11.8 Å². The van der Waals surface area contributed by atoms with Crippen LogP contribution in [0.4, 0.5) is 5.95 Å². The summed E-state index contributed by atoms with van der Waals surface area (Å²) >= 11 is 1.57. The van der Waals surface area contributed by atoms with E-state index >= 15 is 0 Å². The van der Waals surface area contributed by atoms with Crippen LogP contribution in [0.25, 0.3) is 10.8 Å². The minimum atomic E-state index is 0.298. The lowest BCUT2D eigenvalue weighted by atomic mass is 10.1. The van der Waals surface area contributed by atoms with E-state index in [1.54, 1.807) is 24.0 Å². The molecule has 0 bridgehead atoms. The number of aromatic hydroxyl groups is 1. The number of rotatable bonds is 3. The van der Waals surface area contributed by atoms with E-state index in [2.05, 4.69) is 9.97 Å². The predicted molar refractivity (Wildman–Crippen MR) is 86.1 cm³/mol. The summed E-state index contributed by atoms with van der Waals surface area (Å²) in [7, 11) is 3.83. The lowest BCUT2D eigenvalue weighted by Crippen LogP contribution is -2.12. The molecule has 21 heavy (non-hydrogen) atoms. The molecule has 5 heteroatoms. The van der Waals surface area contributed by atoms with Crippen LogP contribution in [0.3, 0.4) is 0 Å². The van der Waals surface area contributed by atoms with Gasteiger partial charge in [-0.3, -0.25) is 0 Å². The minimum Gasteiger partial charge on any atom is -0.507 e. The first-order valence-corrected chi connectivity index (χ1v) is 7.36.